The van der Waals surface area contributed by atoms with E-state index in [0.717, 1.165) is 6.07 Å². The number of anilines is 1. The third-order valence-electron chi connectivity index (χ3n) is 4.47. The van der Waals surface area contributed by atoms with Crippen molar-refractivity contribution in [3.05, 3.63) is 29.8 Å². The highest BCUT2D eigenvalue weighted by atomic mass is 32.2. The van der Waals surface area contributed by atoms with Crippen molar-refractivity contribution in [1.29, 1.82) is 0 Å². The minimum atomic E-state index is -4.36. The fourth-order valence-corrected chi connectivity index (χ4v) is 3.55. The van der Waals surface area contributed by atoms with Gasteiger partial charge in [-0.25, -0.2) is 8.42 Å². The summed E-state index contributed by atoms with van der Waals surface area (Å²) in [7, 11) is -1.43. The highest BCUT2D eigenvalue weighted by molar-refractivity contribution is 7.91. The van der Waals surface area contributed by atoms with E-state index < -0.39 is 21.6 Å². The van der Waals surface area contributed by atoms with Crippen LogP contribution in [0.25, 0.3) is 0 Å². The van der Waals surface area contributed by atoms with Gasteiger partial charge in [0.05, 0.1) is 11.3 Å². The summed E-state index contributed by atoms with van der Waals surface area (Å²) < 4.78 is 61.8. The molecule has 1 aliphatic heterocycles. The van der Waals surface area contributed by atoms with E-state index in [9.17, 15) is 21.6 Å². The number of hydrogen-bond acceptors (Lipinski definition) is 4. The Kier molecular flexibility index (Phi) is 6.96. The molecule has 1 aromatic rings. The zero-order valence-electron chi connectivity index (χ0n) is 15.5. The first-order valence-corrected chi connectivity index (χ1v) is 10.6. The standard InChI is InChI=1S/C17H25F3N4O2S/c1-3-27(25,26)12-7-22-16(21-2)24-10-8-23(9-11-24)15-6-4-5-14(13-15)17(18,19)20/h4-6,13H,3,7-12H2,1-2H3,(H,21,22). The van der Waals surface area contributed by atoms with Gasteiger partial charge in [0.15, 0.2) is 15.8 Å². The van der Waals surface area contributed by atoms with Crippen LogP contribution in [-0.4, -0.2) is 70.6 Å². The van der Waals surface area contributed by atoms with Crippen LogP contribution in [0.15, 0.2) is 29.3 Å². The third kappa shape index (κ3) is 6.02. The summed E-state index contributed by atoms with van der Waals surface area (Å²) in [5.74, 6) is 0.736. The summed E-state index contributed by atoms with van der Waals surface area (Å²) in [5.41, 5.74) is -0.112. The van der Waals surface area contributed by atoms with Crippen molar-refractivity contribution in [3.8, 4) is 0 Å². The largest absolute Gasteiger partial charge is 0.416 e. The first kappa shape index (κ1) is 21.3. The molecule has 1 aromatic carbocycles. The molecule has 1 saturated heterocycles. The smallest absolute Gasteiger partial charge is 0.368 e. The summed E-state index contributed by atoms with van der Waals surface area (Å²) in [5, 5.41) is 3.04. The van der Waals surface area contributed by atoms with Crippen molar-refractivity contribution in [1.82, 2.24) is 10.2 Å². The lowest BCUT2D eigenvalue weighted by Crippen LogP contribution is -2.53. The van der Waals surface area contributed by atoms with E-state index in [1.165, 1.54) is 12.1 Å². The minimum Gasteiger partial charge on any atom is -0.368 e. The Hall–Kier alpha value is -1.97. The fourth-order valence-electron chi connectivity index (χ4n) is 2.85. The molecule has 10 heteroatoms. The molecule has 0 atom stereocenters. The van der Waals surface area contributed by atoms with E-state index >= 15 is 0 Å². The molecule has 2 rings (SSSR count). The number of nitrogens with one attached hydrogen (secondary N) is 1. The number of sulfone groups is 1. The number of guanidine groups is 1. The zero-order valence-corrected chi connectivity index (χ0v) is 16.3. The van der Waals surface area contributed by atoms with Crippen molar-refractivity contribution in [3.63, 3.8) is 0 Å². The zero-order chi connectivity index (χ0) is 20.1. The van der Waals surface area contributed by atoms with Gasteiger partial charge < -0.3 is 15.1 Å². The Balaban J connectivity index is 1.92. The molecule has 27 heavy (non-hydrogen) atoms. The molecule has 152 valence electrons. The number of benzene rings is 1. The van der Waals surface area contributed by atoms with Crippen LogP contribution in [0.5, 0.6) is 0 Å². The maximum Gasteiger partial charge on any atom is 0.416 e. The van der Waals surface area contributed by atoms with Gasteiger partial charge in [-0.05, 0) is 18.2 Å². The van der Waals surface area contributed by atoms with Crippen LogP contribution in [0.4, 0.5) is 18.9 Å². The van der Waals surface area contributed by atoms with Crippen LogP contribution in [0.2, 0.25) is 0 Å². The second kappa shape index (κ2) is 8.81. The number of nitrogens with zero attached hydrogens (tertiary/aromatic N) is 3. The number of piperazine rings is 1. The SMILES string of the molecule is CCS(=O)(=O)CCNC(=NC)N1CCN(c2cccc(C(F)(F)F)c2)CC1. The van der Waals surface area contributed by atoms with E-state index in [1.54, 1.807) is 20.0 Å². The molecular formula is C17H25F3N4O2S. The average molecular weight is 406 g/mol. The summed E-state index contributed by atoms with van der Waals surface area (Å²) in [6.45, 7) is 4.14. The molecule has 0 unspecified atom stereocenters. The number of rotatable bonds is 5. The van der Waals surface area contributed by atoms with Gasteiger partial charge in [0.2, 0.25) is 0 Å². The van der Waals surface area contributed by atoms with E-state index in [1.807, 2.05) is 9.80 Å². The number of hydrogen-bond donors (Lipinski definition) is 1. The van der Waals surface area contributed by atoms with Crippen molar-refractivity contribution >= 4 is 21.5 Å². The molecule has 0 bridgehead atoms. The van der Waals surface area contributed by atoms with Crippen molar-refractivity contribution in [2.24, 2.45) is 4.99 Å². The summed E-state index contributed by atoms with van der Waals surface area (Å²) in [6, 6.07) is 5.32. The number of aliphatic imine (C=N–C) groups is 1. The van der Waals surface area contributed by atoms with Crippen LogP contribution in [0, 0.1) is 0 Å². The van der Waals surface area contributed by atoms with E-state index in [2.05, 4.69) is 10.3 Å². The van der Waals surface area contributed by atoms with Crippen molar-refractivity contribution in [2.45, 2.75) is 13.1 Å². The predicted octanol–water partition coefficient (Wildman–Crippen LogP) is 1.84. The first-order valence-electron chi connectivity index (χ1n) is 8.74. The van der Waals surface area contributed by atoms with Crippen LogP contribution in [0.3, 0.4) is 0 Å². The van der Waals surface area contributed by atoms with Crippen LogP contribution < -0.4 is 10.2 Å². The van der Waals surface area contributed by atoms with Gasteiger partial charge in [0.25, 0.3) is 0 Å². The number of alkyl halides is 3. The molecule has 0 spiro atoms. The lowest BCUT2D eigenvalue weighted by molar-refractivity contribution is -0.137. The first-order chi connectivity index (χ1) is 12.7. The summed E-state index contributed by atoms with van der Waals surface area (Å²) >= 11 is 0. The Morgan fingerprint density at radius 1 is 1.22 bits per heavy atom. The topological polar surface area (TPSA) is 65.0 Å². The minimum absolute atomic E-state index is 0.0344. The van der Waals surface area contributed by atoms with Gasteiger partial charge in [0.1, 0.15) is 0 Å². The Labute approximate surface area is 158 Å². The van der Waals surface area contributed by atoms with Gasteiger partial charge in [-0.15, -0.1) is 0 Å². The molecule has 0 saturated carbocycles. The molecule has 0 amide bonds. The maximum atomic E-state index is 12.9. The summed E-state index contributed by atoms with van der Waals surface area (Å²) in [6.07, 6.45) is -4.36. The van der Waals surface area contributed by atoms with Crippen molar-refractivity contribution < 1.29 is 21.6 Å². The molecule has 1 N–H and O–H groups in total. The van der Waals surface area contributed by atoms with E-state index in [-0.39, 0.29) is 18.1 Å². The lowest BCUT2D eigenvalue weighted by atomic mass is 10.1. The van der Waals surface area contributed by atoms with Crippen molar-refractivity contribution in [2.75, 3.05) is 56.2 Å². The van der Waals surface area contributed by atoms with Gasteiger partial charge in [0, 0.05) is 51.2 Å². The van der Waals surface area contributed by atoms with Gasteiger partial charge >= 0.3 is 6.18 Å². The monoisotopic (exact) mass is 406 g/mol. The molecule has 1 heterocycles. The quantitative estimate of drug-likeness (QED) is 0.597. The fraction of sp³-hybridized carbons (Fsp3) is 0.588. The Morgan fingerprint density at radius 3 is 2.44 bits per heavy atom. The number of halogens is 3. The molecular weight excluding hydrogens is 381 g/mol. The molecule has 6 nitrogen and oxygen atoms in total. The second-order valence-corrected chi connectivity index (χ2v) is 8.71. The van der Waals surface area contributed by atoms with Gasteiger partial charge in [-0.2, -0.15) is 13.2 Å². The second-order valence-electron chi connectivity index (χ2n) is 6.23. The highest BCUT2D eigenvalue weighted by Crippen LogP contribution is 2.31. The molecule has 0 radical (unpaired) electrons. The molecule has 1 aliphatic rings. The summed E-state index contributed by atoms with van der Waals surface area (Å²) in [4.78, 5) is 8.05. The molecule has 0 aromatic heterocycles. The Morgan fingerprint density at radius 2 is 1.89 bits per heavy atom. The van der Waals surface area contributed by atoms with E-state index in [0.29, 0.717) is 37.8 Å². The maximum absolute atomic E-state index is 12.9. The average Bonchev–Trinajstić information content (AvgIpc) is 2.65. The predicted molar refractivity (Wildman–Crippen MR) is 101 cm³/mol. The van der Waals surface area contributed by atoms with E-state index in [4.69, 9.17) is 0 Å². The lowest BCUT2D eigenvalue weighted by Gasteiger charge is -2.37. The third-order valence-corrected chi connectivity index (χ3v) is 6.17. The van der Waals surface area contributed by atoms with Crippen LogP contribution in [0.1, 0.15) is 12.5 Å². The van der Waals surface area contributed by atoms with Gasteiger partial charge in [-0.1, -0.05) is 13.0 Å². The highest BCUT2D eigenvalue weighted by Gasteiger charge is 2.31. The van der Waals surface area contributed by atoms with Gasteiger partial charge in [-0.3, -0.25) is 4.99 Å². The Bertz CT molecular complexity index is 758. The van der Waals surface area contributed by atoms with Crippen LogP contribution >= 0.6 is 0 Å². The van der Waals surface area contributed by atoms with Crippen LogP contribution in [-0.2, 0) is 16.0 Å². The molecule has 0 aliphatic carbocycles. The molecule has 1 fully saturated rings. The normalized spacial score (nSPS) is 16.6.